The molecular weight excluding hydrogens is 530 g/mol. The van der Waals surface area contributed by atoms with E-state index in [9.17, 15) is 4.79 Å². The van der Waals surface area contributed by atoms with Gasteiger partial charge in [0.05, 0.1) is 30.0 Å². The number of aryl methyl sites for hydroxylation is 1. The van der Waals surface area contributed by atoms with Gasteiger partial charge in [0.15, 0.2) is 24.9 Å². The predicted octanol–water partition coefficient (Wildman–Crippen LogP) is 4.58. The van der Waals surface area contributed by atoms with Crippen LogP contribution in [0.2, 0.25) is 0 Å². The van der Waals surface area contributed by atoms with Crippen LogP contribution in [0.5, 0.6) is 5.75 Å². The molecule has 3 aromatic rings. The number of aromatic nitrogens is 3. The summed E-state index contributed by atoms with van der Waals surface area (Å²) in [5, 5.41) is 9.16. The van der Waals surface area contributed by atoms with Crippen LogP contribution in [0.15, 0.2) is 45.7 Å². The first-order valence-corrected chi connectivity index (χ1v) is 14.7. The number of ether oxygens (including phenoxy) is 4. The van der Waals surface area contributed by atoms with Gasteiger partial charge in [0, 0.05) is 18.3 Å². The predicted molar refractivity (Wildman–Crippen MR) is 144 cm³/mol. The number of fused-ring (bicyclic) bond motifs is 3. The molecule has 0 N–H and O–H groups in total. The van der Waals surface area contributed by atoms with Crippen LogP contribution in [0.3, 0.4) is 0 Å². The maximum atomic E-state index is 11.9. The molecule has 5 fully saturated rings. The van der Waals surface area contributed by atoms with Crippen molar-refractivity contribution in [1.82, 2.24) is 15.0 Å². The molecule has 0 unspecified atom stereocenters. The zero-order chi connectivity index (χ0) is 28.2. The van der Waals surface area contributed by atoms with Crippen molar-refractivity contribution in [2.45, 2.75) is 90.0 Å². The number of nitrogens with zero attached hydrogens (tertiary/aromatic N) is 3. The molecule has 2 aromatic heterocycles. The van der Waals surface area contributed by atoms with Crippen LogP contribution in [0.4, 0.5) is 0 Å². The van der Waals surface area contributed by atoms with Gasteiger partial charge in [-0.3, -0.25) is 0 Å². The molecule has 11 nitrogen and oxygen atoms in total. The van der Waals surface area contributed by atoms with Crippen LogP contribution in [0.1, 0.15) is 58.6 Å². The molecule has 1 aliphatic carbocycles. The summed E-state index contributed by atoms with van der Waals surface area (Å²) in [6.45, 7) is 7.09. The first-order valence-electron chi connectivity index (χ1n) is 14.7. The molecule has 5 aliphatic rings. The Morgan fingerprint density at radius 2 is 2.00 bits per heavy atom. The molecule has 220 valence electrons. The quantitative estimate of drug-likeness (QED) is 0.218. The number of hydrogen-bond donors (Lipinski definition) is 0. The number of hydrogen-bond acceptors (Lipinski definition) is 10. The highest BCUT2D eigenvalue weighted by Crippen LogP contribution is 2.60. The molecular formula is C30H37N3O8. The first kappa shape index (κ1) is 27.0. The van der Waals surface area contributed by atoms with E-state index in [4.69, 9.17) is 33.1 Å². The van der Waals surface area contributed by atoms with Crippen LogP contribution in [-0.2, 0) is 37.1 Å². The highest BCUT2D eigenvalue weighted by atomic mass is 17.3. The molecule has 41 heavy (non-hydrogen) atoms. The van der Waals surface area contributed by atoms with E-state index in [0.717, 1.165) is 43.2 Å². The van der Waals surface area contributed by atoms with E-state index in [1.165, 1.54) is 6.07 Å². The van der Waals surface area contributed by atoms with Gasteiger partial charge in [0.1, 0.15) is 11.3 Å². The molecule has 1 spiro atoms. The molecule has 0 radical (unpaired) electrons. The topological polar surface area (TPSA) is 116 Å². The van der Waals surface area contributed by atoms with Crippen molar-refractivity contribution in [3.63, 3.8) is 0 Å². The van der Waals surface area contributed by atoms with Crippen LogP contribution in [0.25, 0.3) is 11.0 Å². The molecule has 8 atom stereocenters. The minimum Gasteiger partial charge on any atom is -0.470 e. The molecule has 11 heteroatoms. The fourth-order valence-corrected chi connectivity index (χ4v) is 7.37. The van der Waals surface area contributed by atoms with Gasteiger partial charge in [-0.25, -0.2) is 19.3 Å². The number of rotatable bonds is 8. The summed E-state index contributed by atoms with van der Waals surface area (Å²) in [6, 6.07) is 8.59. The summed E-state index contributed by atoms with van der Waals surface area (Å²) in [6.07, 6.45) is 6.42. The zero-order valence-corrected chi connectivity index (χ0v) is 23.7. The Morgan fingerprint density at radius 3 is 2.90 bits per heavy atom. The second-order valence-corrected chi connectivity index (χ2v) is 12.2. The largest absolute Gasteiger partial charge is 0.470 e. The average Bonchev–Trinajstić information content (AvgIpc) is 3.30. The fraction of sp³-hybridized carbons (Fsp3) is 0.633. The minimum atomic E-state index is -0.793. The van der Waals surface area contributed by atoms with Crippen molar-refractivity contribution >= 4 is 11.0 Å². The maximum absolute atomic E-state index is 11.9. The third kappa shape index (κ3) is 4.77. The number of para-hydroxylation sites is 1. The van der Waals surface area contributed by atoms with E-state index in [2.05, 4.69) is 24.2 Å². The third-order valence-corrected chi connectivity index (χ3v) is 9.51. The minimum absolute atomic E-state index is 0.124. The summed E-state index contributed by atoms with van der Waals surface area (Å²) in [7, 11) is 0. The molecule has 4 saturated heterocycles. The lowest BCUT2D eigenvalue weighted by atomic mass is 9.58. The van der Waals surface area contributed by atoms with Gasteiger partial charge in [-0.15, -0.1) is 5.10 Å². The van der Waals surface area contributed by atoms with Crippen LogP contribution >= 0.6 is 0 Å². The third-order valence-electron chi connectivity index (χ3n) is 9.51. The zero-order valence-electron chi connectivity index (χ0n) is 23.7. The summed E-state index contributed by atoms with van der Waals surface area (Å²) < 4.78 is 31.9. The first-order chi connectivity index (χ1) is 19.8. The lowest BCUT2D eigenvalue weighted by Crippen LogP contribution is -2.70. The summed E-state index contributed by atoms with van der Waals surface area (Å²) >= 11 is 0. The van der Waals surface area contributed by atoms with Gasteiger partial charge in [-0.05, 0) is 63.0 Å². The highest BCUT2D eigenvalue weighted by molar-refractivity contribution is 5.82. The Bertz CT molecular complexity index is 1460. The SMILES string of the molecule is C[C@H]1[C@@H](OCCCc2cn(COc3cc(=O)oc4ccccc34)nn2)O[C@@H]2O[C@@]3(C)CC[C@H]4[C@H](C)CC[C@@H]1[C@@]24OO3. The molecule has 1 aromatic carbocycles. The summed E-state index contributed by atoms with van der Waals surface area (Å²) in [5.74, 6) is 0.900. The van der Waals surface area contributed by atoms with Crippen molar-refractivity contribution in [2.75, 3.05) is 6.61 Å². The van der Waals surface area contributed by atoms with Gasteiger partial charge >= 0.3 is 5.63 Å². The molecule has 2 bridgehead atoms. The van der Waals surface area contributed by atoms with Gasteiger partial charge < -0.3 is 23.4 Å². The van der Waals surface area contributed by atoms with Crippen molar-refractivity contribution in [1.29, 1.82) is 0 Å². The Balaban J connectivity index is 0.944. The standard InChI is InChI=1S/C30H37N3O8/c1-18-10-11-23-19(2)27(38-28-30(23)22(18)12-13-29(3,39-28)40-41-30)35-14-6-7-20-16-33(32-31-20)17-36-25-15-26(34)37-24-9-5-4-8-21(24)25/h4-5,8-9,15-16,18-19,22-23,27-28H,6-7,10-14,17H2,1-3H3/t18-,19-,22+,23+,27+,28-,29-,30-/m1/s1. The van der Waals surface area contributed by atoms with E-state index in [-0.39, 0.29) is 24.9 Å². The van der Waals surface area contributed by atoms with E-state index in [1.54, 1.807) is 10.7 Å². The van der Waals surface area contributed by atoms with Gasteiger partial charge in [-0.1, -0.05) is 31.2 Å². The normalized spacial score (nSPS) is 36.2. The lowest BCUT2D eigenvalue weighted by molar-refractivity contribution is -0.577. The Hall–Kier alpha value is -2.83. The van der Waals surface area contributed by atoms with Crippen molar-refractivity contribution in [3.05, 3.63) is 52.6 Å². The summed E-state index contributed by atoms with van der Waals surface area (Å²) in [4.78, 5) is 24.0. The Morgan fingerprint density at radius 1 is 1.12 bits per heavy atom. The van der Waals surface area contributed by atoms with Crippen molar-refractivity contribution < 1.29 is 33.1 Å². The molecule has 8 rings (SSSR count). The number of benzene rings is 1. The van der Waals surface area contributed by atoms with Crippen LogP contribution < -0.4 is 10.4 Å². The fourth-order valence-electron chi connectivity index (χ4n) is 7.37. The Labute approximate surface area is 237 Å². The molecule has 6 heterocycles. The second-order valence-electron chi connectivity index (χ2n) is 12.2. The lowest BCUT2D eigenvalue weighted by Gasteiger charge is -2.60. The molecule has 0 amide bonds. The monoisotopic (exact) mass is 567 g/mol. The Kier molecular flexibility index (Phi) is 6.90. The smallest absolute Gasteiger partial charge is 0.339 e. The molecule has 1 saturated carbocycles. The maximum Gasteiger partial charge on any atom is 0.339 e. The van der Waals surface area contributed by atoms with Crippen LogP contribution in [0, 0.1) is 23.7 Å². The summed E-state index contributed by atoms with van der Waals surface area (Å²) in [5.41, 5.74) is 0.268. The molecule has 4 aliphatic heterocycles. The van der Waals surface area contributed by atoms with Crippen LogP contribution in [-0.4, -0.2) is 45.6 Å². The van der Waals surface area contributed by atoms with E-state index in [1.807, 2.05) is 31.3 Å². The van der Waals surface area contributed by atoms with Gasteiger partial charge in [0.25, 0.3) is 0 Å². The van der Waals surface area contributed by atoms with Crippen molar-refractivity contribution in [3.8, 4) is 5.75 Å². The van der Waals surface area contributed by atoms with E-state index in [0.29, 0.717) is 36.2 Å². The van der Waals surface area contributed by atoms with Gasteiger partial charge in [-0.2, -0.15) is 0 Å². The van der Waals surface area contributed by atoms with Gasteiger partial charge in [0.2, 0.25) is 5.79 Å². The highest BCUT2D eigenvalue weighted by Gasteiger charge is 2.69. The van der Waals surface area contributed by atoms with Crippen molar-refractivity contribution in [2.24, 2.45) is 23.7 Å². The van der Waals surface area contributed by atoms with E-state index < -0.39 is 23.3 Å². The van der Waals surface area contributed by atoms with E-state index >= 15 is 0 Å². The average molecular weight is 568 g/mol. The second kappa shape index (κ2) is 10.5.